The van der Waals surface area contributed by atoms with Crippen LogP contribution in [-0.2, 0) is 5.75 Å². The summed E-state index contributed by atoms with van der Waals surface area (Å²) in [6.07, 6.45) is 0. The highest BCUT2D eigenvalue weighted by Crippen LogP contribution is 2.28. The molecule has 2 heterocycles. The largest absolute Gasteiger partial charge is 0.174 e. The molecule has 0 bridgehead atoms. The molecule has 2 rings (SSSR count). The highest BCUT2D eigenvalue weighted by Gasteiger charge is 2.07. The van der Waals surface area contributed by atoms with E-state index in [2.05, 4.69) is 19.8 Å². The Morgan fingerprint density at radius 3 is 2.79 bits per heavy atom. The van der Waals surface area contributed by atoms with Crippen molar-refractivity contribution in [2.45, 2.75) is 17.0 Å². The van der Waals surface area contributed by atoms with Crippen molar-refractivity contribution < 1.29 is 0 Å². The first-order chi connectivity index (χ1) is 6.75. The Morgan fingerprint density at radius 2 is 2.21 bits per heavy atom. The Kier molecular flexibility index (Phi) is 3.32. The average molecular weight is 265 g/mol. The fraction of sp³-hybridized carbons (Fsp3) is 0.333. The Hall–Kier alpha value is -0.240. The third-order valence-electron chi connectivity index (χ3n) is 1.35. The monoisotopic (exact) mass is 264 g/mol. The quantitative estimate of drug-likeness (QED) is 0.798. The van der Waals surface area contributed by atoms with Crippen molar-refractivity contribution in [1.82, 2.24) is 19.8 Å². The number of nitrogens with zero attached hydrogens (tertiary/aromatic N) is 4. The van der Waals surface area contributed by atoms with Crippen LogP contribution < -0.4 is 0 Å². The summed E-state index contributed by atoms with van der Waals surface area (Å²) in [5, 5.41) is 12.8. The van der Waals surface area contributed by atoms with Crippen LogP contribution >= 0.6 is 46.2 Å². The van der Waals surface area contributed by atoms with E-state index in [9.17, 15) is 0 Å². The molecule has 0 aliphatic heterocycles. The summed E-state index contributed by atoms with van der Waals surface area (Å²) in [6, 6.07) is 0. The fourth-order valence-electron chi connectivity index (χ4n) is 0.750. The molecule has 0 aliphatic carbocycles. The molecule has 0 spiro atoms. The number of aromatic nitrogens is 4. The zero-order valence-electron chi connectivity index (χ0n) is 7.10. The molecule has 2 aromatic heterocycles. The average Bonchev–Trinajstić information content (AvgIpc) is 2.72. The minimum absolute atomic E-state index is 0.652. The van der Waals surface area contributed by atoms with E-state index in [0.29, 0.717) is 10.1 Å². The minimum Gasteiger partial charge on any atom is -0.143 e. The van der Waals surface area contributed by atoms with E-state index < -0.39 is 0 Å². The van der Waals surface area contributed by atoms with E-state index in [1.807, 2.05) is 6.92 Å². The van der Waals surface area contributed by atoms with Crippen LogP contribution in [-0.4, -0.2) is 19.8 Å². The Bertz CT molecular complexity index is 426. The van der Waals surface area contributed by atoms with Gasteiger partial charge in [0, 0.05) is 17.3 Å². The van der Waals surface area contributed by atoms with Gasteiger partial charge in [0.05, 0.1) is 0 Å². The molecule has 0 aliphatic rings. The summed E-state index contributed by atoms with van der Waals surface area (Å²) in [5.41, 5.74) is 0.814. The van der Waals surface area contributed by atoms with Gasteiger partial charge in [-0.2, -0.15) is 0 Å². The molecule has 4 nitrogen and oxygen atoms in total. The van der Waals surface area contributed by atoms with Crippen molar-refractivity contribution >= 4 is 46.2 Å². The van der Waals surface area contributed by atoms with E-state index in [-0.39, 0.29) is 0 Å². The Morgan fingerprint density at radius 1 is 1.36 bits per heavy atom. The van der Waals surface area contributed by atoms with E-state index >= 15 is 0 Å². The van der Waals surface area contributed by atoms with Crippen molar-refractivity contribution in [3.05, 3.63) is 15.0 Å². The molecule has 0 saturated carbocycles. The molecule has 14 heavy (non-hydrogen) atoms. The first kappa shape index (κ1) is 10.3. The normalized spacial score (nSPS) is 10.7. The van der Waals surface area contributed by atoms with Gasteiger partial charge in [-0.15, -0.1) is 15.3 Å². The van der Waals surface area contributed by atoms with Gasteiger partial charge < -0.3 is 0 Å². The Balaban J connectivity index is 1.98. The summed E-state index contributed by atoms with van der Waals surface area (Å²) < 4.78 is 5.34. The Labute approximate surface area is 97.9 Å². The lowest BCUT2D eigenvalue weighted by atomic mass is 10.6. The zero-order valence-corrected chi connectivity index (χ0v) is 10.3. The third-order valence-corrected chi connectivity index (χ3v) is 4.32. The van der Waals surface area contributed by atoms with Crippen molar-refractivity contribution in [3.8, 4) is 0 Å². The third kappa shape index (κ3) is 2.41. The van der Waals surface area contributed by atoms with E-state index in [1.54, 1.807) is 23.1 Å². The van der Waals surface area contributed by atoms with E-state index in [0.717, 1.165) is 15.0 Å². The number of thioether (sulfide) groups is 1. The first-order valence-corrected chi connectivity index (χ1v) is 6.60. The topological polar surface area (TPSA) is 51.6 Å². The minimum atomic E-state index is 0.652. The van der Waals surface area contributed by atoms with Gasteiger partial charge in [-0.25, -0.2) is 0 Å². The van der Waals surface area contributed by atoms with E-state index in [1.165, 1.54) is 11.5 Å². The van der Waals surface area contributed by atoms with Crippen molar-refractivity contribution in [1.29, 1.82) is 0 Å². The van der Waals surface area contributed by atoms with Gasteiger partial charge in [0.2, 0.25) is 0 Å². The molecule has 2 aromatic rings. The van der Waals surface area contributed by atoms with Crippen molar-refractivity contribution in [2.24, 2.45) is 0 Å². The molecule has 0 unspecified atom stereocenters. The van der Waals surface area contributed by atoms with Crippen LogP contribution in [0.4, 0.5) is 0 Å². The molecule has 0 aromatic carbocycles. The lowest BCUT2D eigenvalue weighted by Gasteiger charge is -1.91. The summed E-state index contributed by atoms with van der Waals surface area (Å²) in [4.78, 5) is 0. The molecule has 0 radical (unpaired) electrons. The van der Waals surface area contributed by atoms with E-state index in [4.69, 9.17) is 11.6 Å². The van der Waals surface area contributed by atoms with Crippen molar-refractivity contribution in [2.75, 3.05) is 0 Å². The molecule has 0 N–H and O–H groups in total. The predicted molar refractivity (Wildman–Crippen MR) is 59.1 cm³/mol. The second kappa shape index (κ2) is 4.52. The van der Waals surface area contributed by atoms with Crippen LogP contribution in [0.3, 0.4) is 0 Å². The summed E-state index contributed by atoms with van der Waals surface area (Å²) in [5.74, 6) is 0.698. The second-order valence-corrected chi connectivity index (χ2v) is 6.13. The lowest BCUT2D eigenvalue weighted by molar-refractivity contribution is 0.982. The summed E-state index contributed by atoms with van der Waals surface area (Å²) in [7, 11) is 0. The van der Waals surface area contributed by atoms with Gasteiger partial charge in [0.15, 0.2) is 4.34 Å². The predicted octanol–water partition coefficient (Wildman–Crippen LogP) is 2.64. The second-order valence-electron chi connectivity index (χ2n) is 2.37. The standard InChI is InChI=1S/C6H5ClN4S3/c1-3-8-10-6(13-3)12-2-4-5(7)14-11-9-4/h2H2,1H3. The summed E-state index contributed by atoms with van der Waals surface area (Å²) >= 11 is 10.2. The maximum Gasteiger partial charge on any atom is 0.174 e. The maximum absolute atomic E-state index is 5.86. The van der Waals surface area contributed by atoms with Gasteiger partial charge in [-0.3, -0.25) is 0 Å². The summed E-state index contributed by atoms with van der Waals surface area (Å²) in [6.45, 7) is 1.93. The SMILES string of the molecule is Cc1nnc(SCc2nnsc2Cl)s1. The number of rotatable bonds is 3. The fourth-order valence-corrected chi connectivity index (χ4v) is 3.30. The van der Waals surface area contributed by atoms with Crippen LogP contribution in [0.15, 0.2) is 4.34 Å². The molecule has 8 heteroatoms. The molecular weight excluding hydrogens is 260 g/mol. The van der Waals surface area contributed by atoms with Crippen LogP contribution in [0.5, 0.6) is 0 Å². The highest BCUT2D eigenvalue weighted by atomic mass is 35.5. The van der Waals surface area contributed by atoms with Gasteiger partial charge in [-0.05, 0) is 6.92 Å². The number of aryl methyl sites for hydroxylation is 1. The first-order valence-electron chi connectivity index (χ1n) is 3.65. The lowest BCUT2D eigenvalue weighted by Crippen LogP contribution is -1.81. The number of hydrogen-bond acceptors (Lipinski definition) is 7. The molecule has 0 fully saturated rings. The number of halogens is 1. The van der Waals surface area contributed by atoms with Crippen LogP contribution in [0.1, 0.15) is 10.7 Å². The van der Waals surface area contributed by atoms with Crippen LogP contribution in [0.25, 0.3) is 0 Å². The van der Waals surface area contributed by atoms with Gasteiger partial charge in [-0.1, -0.05) is 39.2 Å². The molecular formula is C6H5ClN4S3. The van der Waals surface area contributed by atoms with Gasteiger partial charge >= 0.3 is 0 Å². The highest BCUT2D eigenvalue weighted by molar-refractivity contribution is 8.00. The maximum atomic E-state index is 5.86. The van der Waals surface area contributed by atoms with Gasteiger partial charge in [0.25, 0.3) is 0 Å². The van der Waals surface area contributed by atoms with Gasteiger partial charge in [0.1, 0.15) is 15.0 Å². The van der Waals surface area contributed by atoms with Crippen LogP contribution in [0, 0.1) is 6.92 Å². The van der Waals surface area contributed by atoms with Crippen LogP contribution in [0.2, 0.25) is 4.34 Å². The molecule has 0 atom stereocenters. The molecule has 74 valence electrons. The molecule has 0 saturated heterocycles. The van der Waals surface area contributed by atoms with Crippen molar-refractivity contribution in [3.63, 3.8) is 0 Å². The smallest absolute Gasteiger partial charge is 0.143 e. The molecule has 0 amide bonds. The zero-order chi connectivity index (χ0) is 9.97. The number of hydrogen-bond donors (Lipinski definition) is 0.